The molecule has 1 aromatic heterocycles. The lowest BCUT2D eigenvalue weighted by atomic mass is 10.1. The van der Waals surface area contributed by atoms with Crippen molar-refractivity contribution >= 4 is 44.9 Å². The highest BCUT2D eigenvalue weighted by Gasteiger charge is 2.21. The molecule has 2 aromatic carbocycles. The average molecular weight is 434 g/mol. The molecule has 0 saturated heterocycles. The van der Waals surface area contributed by atoms with E-state index in [1.165, 1.54) is 48.8 Å². The lowest BCUT2D eigenvalue weighted by molar-refractivity contribution is -0.385. The number of rotatable bonds is 6. The molecule has 0 fully saturated rings. The van der Waals surface area contributed by atoms with E-state index < -0.39 is 26.5 Å². The zero-order valence-electron chi connectivity index (χ0n) is 14.4. The number of anilines is 2. The van der Waals surface area contributed by atoms with Crippen LogP contribution in [0.15, 0.2) is 65.8 Å². The van der Waals surface area contributed by atoms with Crippen LogP contribution in [-0.4, -0.2) is 29.2 Å². The number of nitrogens with one attached hydrogen (secondary N) is 2. The summed E-state index contributed by atoms with van der Waals surface area (Å²) >= 11 is 5.82. The topological polar surface area (TPSA) is 144 Å². The Balaban J connectivity index is 1.78. The second-order valence-electron chi connectivity index (χ2n) is 5.57. The van der Waals surface area contributed by atoms with Gasteiger partial charge in [0.2, 0.25) is 5.95 Å². The molecule has 1 heterocycles. The highest BCUT2D eigenvalue weighted by Crippen LogP contribution is 2.24. The fraction of sp³-hybridized carbons (Fsp3) is 0. The van der Waals surface area contributed by atoms with Crippen LogP contribution in [0.5, 0.6) is 0 Å². The Bertz CT molecular complexity index is 1170. The minimum atomic E-state index is -3.93. The first-order chi connectivity index (χ1) is 13.8. The highest BCUT2D eigenvalue weighted by molar-refractivity contribution is 7.92. The number of carbonyl (C=O) groups excluding carboxylic acids is 1. The monoisotopic (exact) mass is 433 g/mol. The predicted molar refractivity (Wildman–Crippen MR) is 105 cm³/mol. The van der Waals surface area contributed by atoms with Crippen LogP contribution in [0, 0.1) is 10.1 Å². The molecule has 0 bridgehead atoms. The molecule has 1 amide bonds. The molecule has 0 aliphatic carbocycles. The van der Waals surface area contributed by atoms with Gasteiger partial charge in [0, 0.05) is 29.2 Å². The highest BCUT2D eigenvalue weighted by atomic mass is 35.5. The molecule has 0 aliphatic rings. The van der Waals surface area contributed by atoms with E-state index in [1.807, 2.05) is 0 Å². The van der Waals surface area contributed by atoms with Crippen molar-refractivity contribution in [3.63, 3.8) is 0 Å². The first kappa shape index (κ1) is 20.2. The van der Waals surface area contributed by atoms with Crippen LogP contribution in [0.4, 0.5) is 17.3 Å². The Kier molecular flexibility index (Phi) is 5.71. The zero-order valence-corrected chi connectivity index (χ0v) is 16.0. The number of nitro benzene ring substituents is 1. The normalized spacial score (nSPS) is 10.9. The van der Waals surface area contributed by atoms with Crippen molar-refractivity contribution in [3.05, 3.63) is 81.6 Å². The van der Waals surface area contributed by atoms with Crippen LogP contribution in [0.2, 0.25) is 5.02 Å². The van der Waals surface area contributed by atoms with Gasteiger partial charge in [-0.1, -0.05) is 11.6 Å². The number of sulfonamides is 1. The van der Waals surface area contributed by atoms with Gasteiger partial charge in [-0.15, -0.1) is 0 Å². The molecule has 3 rings (SSSR count). The number of hydrogen-bond acceptors (Lipinski definition) is 7. The van der Waals surface area contributed by atoms with E-state index in [1.54, 1.807) is 6.07 Å². The van der Waals surface area contributed by atoms with E-state index >= 15 is 0 Å². The molecule has 0 aliphatic heterocycles. The lowest BCUT2D eigenvalue weighted by Gasteiger charge is -2.09. The quantitative estimate of drug-likeness (QED) is 0.448. The van der Waals surface area contributed by atoms with Gasteiger partial charge in [-0.05, 0) is 42.5 Å². The number of carbonyl (C=O) groups is 1. The molecule has 0 unspecified atom stereocenters. The maximum Gasteiger partial charge on any atom is 0.282 e. The van der Waals surface area contributed by atoms with E-state index in [0.29, 0.717) is 0 Å². The van der Waals surface area contributed by atoms with Gasteiger partial charge in [-0.2, -0.15) is 0 Å². The van der Waals surface area contributed by atoms with Crippen LogP contribution in [0.1, 0.15) is 10.4 Å². The number of aromatic nitrogens is 2. The number of hydrogen-bond donors (Lipinski definition) is 2. The lowest BCUT2D eigenvalue weighted by Crippen LogP contribution is -2.16. The van der Waals surface area contributed by atoms with Crippen molar-refractivity contribution in [2.45, 2.75) is 4.90 Å². The first-order valence-corrected chi connectivity index (χ1v) is 9.77. The van der Waals surface area contributed by atoms with Crippen molar-refractivity contribution < 1.29 is 18.1 Å². The fourth-order valence-corrected chi connectivity index (χ4v) is 3.43. The summed E-state index contributed by atoms with van der Waals surface area (Å²) in [5.41, 5.74) is -0.389. The van der Waals surface area contributed by atoms with Crippen LogP contribution >= 0.6 is 11.6 Å². The summed E-state index contributed by atoms with van der Waals surface area (Å²) in [7, 11) is -3.93. The second-order valence-corrected chi connectivity index (χ2v) is 7.69. The molecule has 0 spiro atoms. The summed E-state index contributed by atoms with van der Waals surface area (Å²) < 4.78 is 26.9. The smallest absolute Gasteiger partial charge is 0.282 e. The molecular weight excluding hydrogens is 422 g/mol. The number of amides is 1. The maximum atomic E-state index is 12.4. The molecule has 0 atom stereocenters. The molecule has 29 heavy (non-hydrogen) atoms. The number of nitrogens with zero attached hydrogens (tertiary/aromatic N) is 3. The van der Waals surface area contributed by atoms with Crippen molar-refractivity contribution in [2.24, 2.45) is 0 Å². The summed E-state index contributed by atoms with van der Waals surface area (Å²) in [5.74, 6) is -0.844. The Morgan fingerprint density at radius 3 is 2.34 bits per heavy atom. The minimum absolute atomic E-state index is 0.0851. The van der Waals surface area contributed by atoms with Crippen molar-refractivity contribution in [1.29, 1.82) is 0 Å². The van der Waals surface area contributed by atoms with Gasteiger partial charge >= 0.3 is 0 Å². The van der Waals surface area contributed by atoms with E-state index in [9.17, 15) is 23.3 Å². The standard InChI is InChI=1S/C17H12ClN5O5S/c18-11-2-7-15(23(25)26)14(10-11)16(24)21-12-3-5-13(6-4-12)29(27,28)22-17-19-8-1-9-20-17/h1-10H,(H,21,24)(H,19,20,22). The zero-order chi connectivity index (χ0) is 21.0. The van der Waals surface area contributed by atoms with Crippen LogP contribution < -0.4 is 10.0 Å². The van der Waals surface area contributed by atoms with Gasteiger partial charge in [-0.25, -0.2) is 23.1 Å². The van der Waals surface area contributed by atoms with Gasteiger partial charge in [0.1, 0.15) is 5.56 Å². The molecule has 12 heteroatoms. The summed E-state index contributed by atoms with van der Waals surface area (Å²) in [4.78, 5) is 30.3. The van der Waals surface area contributed by atoms with Gasteiger partial charge < -0.3 is 5.32 Å². The summed E-state index contributed by atoms with van der Waals surface area (Å²) in [6.07, 6.45) is 2.77. The summed E-state index contributed by atoms with van der Waals surface area (Å²) in [6, 6.07) is 10.4. The second kappa shape index (κ2) is 8.20. The van der Waals surface area contributed by atoms with E-state index in [4.69, 9.17) is 11.6 Å². The molecule has 0 saturated carbocycles. The molecule has 148 valence electrons. The summed E-state index contributed by atoms with van der Waals surface area (Å²) in [5, 5.41) is 13.7. The summed E-state index contributed by atoms with van der Waals surface area (Å²) in [6.45, 7) is 0. The van der Waals surface area contributed by atoms with Gasteiger partial charge in [0.05, 0.1) is 9.82 Å². The van der Waals surface area contributed by atoms with E-state index in [-0.39, 0.29) is 27.1 Å². The molecule has 3 aromatic rings. The first-order valence-electron chi connectivity index (χ1n) is 7.91. The number of nitro groups is 1. The molecule has 10 nitrogen and oxygen atoms in total. The third-order valence-electron chi connectivity index (χ3n) is 3.61. The van der Waals surface area contributed by atoms with Crippen molar-refractivity contribution in [1.82, 2.24) is 9.97 Å². The van der Waals surface area contributed by atoms with E-state index in [0.717, 1.165) is 6.07 Å². The Morgan fingerprint density at radius 1 is 1.07 bits per heavy atom. The third kappa shape index (κ3) is 4.83. The fourth-order valence-electron chi connectivity index (χ4n) is 2.30. The van der Waals surface area contributed by atoms with Gasteiger partial charge in [-0.3, -0.25) is 14.9 Å². The Morgan fingerprint density at radius 2 is 1.72 bits per heavy atom. The maximum absolute atomic E-state index is 12.4. The third-order valence-corrected chi connectivity index (χ3v) is 5.19. The Hall–Kier alpha value is -3.57. The Labute approximate surface area is 169 Å². The van der Waals surface area contributed by atoms with Crippen LogP contribution in [-0.2, 0) is 10.0 Å². The minimum Gasteiger partial charge on any atom is -0.322 e. The number of halogens is 1. The predicted octanol–water partition coefficient (Wildman–Crippen LogP) is 3.09. The SMILES string of the molecule is O=C(Nc1ccc(S(=O)(=O)Nc2ncccn2)cc1)c1cc(Cl)ccc1[N+](=O)[O-]. The number of benzene rings is 2. The average Bonchev–Trinajstić information content (AvgIpc) is 2.68. The molecule has 0 radical (unpaired) electrons. The molecule has 2 N–H and O–H groups in total. The molecular formula is C17H12ClN5O5S. The van der Waals surface area contributed by atoms with Crippen molar-refractivity contribution in [3.8, 4) is 0 Å². The van der Waals surface area contributed by atoms with Gasteiger partial charge in [0.25, 0.3) is 21.6 Å². The van der Waals surface area contributed by atoms with Crippen molar-refractivity contribution in [2.75, 3.05) is 10.0 Å². The van der Waals surface area contributed by atoms with Crippen LogP contribution in [0.25, 0.3) is 0 Å². The van der Waals surface area contributed by atoms with E-state index in [2.05, 4.69) is 20.0 Å². The van der Waals surface area contributed by atoms with Crippen LogP contribution in [0.3, 0.4) is 0 Å². The largest absolute Gasteiger partial charge is 0.322 e. The van der Waals surface area contributed by atoms with Gasteiger partial charge in [0.15, 0.2) is 0 Å².